The summed E-state index contributed by atoms with van der Waals surface area (Å²) in [6, 6.07) is 17.2. The van der Waals surface area contributed by atoms with Crippen molar-refractivity contribution in [1.29, 1.82) is 0 Å². The summed E-state index contributed by atoms with van der Waals surface area (Å²) in [5.74, 6) is -0.531. The van der Waals surface area contributed by atoms with Crippen LogP contribution in [0.1, 0.15) is 21.6 Å². The number of amides is 1. The van der Waals surface area contributed by atoms with Gasteiger partial charge in [-0.1, -0.05) is 29.8 Å². The van der Waals surface area contributed by atoms with Gasteiger partial charge in [0.15, 0.2) is 0 Å². The van der Waals surface area contributed by atoms with Crippen LogP contribution in [0.2, 0.25) is 5.02 Å². The molecule has 0 aliphatic heterocycles. The second-order valence-corrected chi connectivity index (χ2v) is 6.85. The van der Waals surface area contributed by atoms with Gasteiger partial charge in [-0.15, -0.1) is 0 Å². The Morgan fingerprint density at radius 1 is 1.11 bits per heavy atom. The van der Waals surface area contributed by atoms with Crippen LogP contribution in [0, 0.1) is 5.82 Å². The molecule has 0 N–H and O–H groups in total. The van der Waals surface area contributed by atoms with E-state index in [0.717, 1.165) is 11.3 Å². The monoisotopic (exact) mass is 400 g/mol. The number of rotatable bonds is 8. The Hall–Kier alpha value is -2.63. The van der Waals surface area contributed by atoms with Gasteiger partial charge in [0.1, 0.15) is 5.82 Å². The number of ether oxygens (including phenoxy) is 1. The fraction of sp³-hybridized carbons (Fsp3) is 0.227. The summed E-state index contributed by atoms with van der Waals surface area (Å²) in [5, 5.41) is 0.709. The van der Waals surface area contributed by atoms with Crippen molar-refractivity contribution in [2.24, 2.45) is 0 Å². The minimum Gasteiger partial charge on any atom is -0.383 e. The minimum absolute atomic E-state index is 0.164. The molecule has 0 aliphatic carbocycles. The Morgan fingerprint density at radius 2 is 1.86 bits per heavy atom. The molecule has 0 aliphatic rings. The molecule has 0 radical (unpaired) electrons. The molecule has 0 saturated heterocycles. The summed E-state index contributed by atoms with van der Waals surface area (Å²) >= 11 is 6.29. The lowest BCUT2D eigenvalue weighted by atomic mass is 10.2. The van der Waals surface area contributed by atoms with Crippen molar-refractivity contribution in [2.45, 2.75) is 13.1 Å². The standard InChI is InChI=1S/C22H22ClFN2O2/c1-28-14-13-26(22(27)17-8-10-19(24)11-9-17)16-20-6-4-12-25(20)15-18-5-2-3-7-21(18)23/h2-12H,13-16H2,1H3. The van der Waals surface area contributed by atoms with Gasteiger partial charge < -0.3 is 14.2 Å². The van der Waals surface area contributed by atoms with Gasteiger partial charge in [0, 0.05) is 42.7 Å². The van der Waals surface area contributed by atoms with E-state index in [1.807, 2.05) is 42.6 Å². The maximum atomic E-state index is 13.2. The zero-order chi connectivity index (χ0) is 19.9. The third kappa shape index (κ3) is 5.00. The third-order valence-electron chi connectivity index (χ3n) is 4.52. The second kappa shape index (κ2) is 9.53. The molecule has 0 spiro atoms. The summed E-state index contributed by atoms with van der Waals surface area (Å²) in [6.07, 6.45) is 1.97. The molecule has 3 aromatic rings. The first-order valence-corrected chi connectivity index (χ1v) is 9.37. The van der Waals surface area contributed by atoms with Crippen molar-refractivity contribution >= 4 is 17.5 Å². The predicted molar refractivity (Wildman–Crippen MR) is 108 cm³/mol. The van der Waals surface area contributed by atoms with Gasteiger partial charge >= 0.3 is 0 Å². The quantitative estimate of drug-likeness (QED) is 0.553. The molecule has 0 atom stereocenters. The number of hydrogen-bond acceptors (Lipinski definition) is 2. The molecule has 2 aromatic carbocycles. The number of benzene rings is 2. The van der Waals surface area contributed by atoms with E-state index in [0.29, 0.717) is 36.8 Å². The maximum absolute atomic E-state index is 13.2. The van der Waals surface area contributed by atoms with Crippen LogP contribution in [0.3, 0.4) is 0 Å². The molecule has 0 fully saturated rings. The van der Waals surface area contributed by atoms with Gasteiger partial charge in [0.25, 0.3) is 5.91 Å². The van der Waals surface area contributed by atoms with E-state index in [2.05, 4.69) is 4.57 Å². The van der Waals surface area contributed by atoms with Crippen molar-refractivity contribution in [2.75, 3.05) is 20.3 Å². The highest BCUT2D eigenvalue weighted by Crippen LogP contribution is 2.19. The van der Waals surface area contributed by atoms with Gasteiger partial charge in [-0.3, -0.25) is 4.79 Å². The molecule has 146 valence electrons. The Labute approximate surface area is 169 Å². The average Bonchev–Trinajstić information content (AvgIpc) is 3.13. The summed E-state index contributed by atoms with van der Waals surface area (Å²) < 4.78 is 20.4. The number of aromatic nitrogens is 1. The molecule has 0 unspecified atom stereocenters. The summed E-state index contributed by atoms with van der Waals surface area (Å²) in [5.41, 5.74) is 2.43. The number of halogens is 2. The summed E-state index contributed by atoms with van der Waals surface area (Å²) in [6.45, 7) is 1.88. The van der Waals surface area contributed by atoms with E-state index in [-0.39, 0.29) is 11.7 Å². The number of carbonyl (C=O) groups excluding carboxylic acids is 1. The second-order valence-electron chi connectivity index (χ2n) is 6.45. The Bertz CT molecular complexity index is 924. The fourth-order valence-electron chi connectivity index (χ4n) is 2.98. The van der Waals surface area contributed by atoms with Crippen LogP contribution in [-0.4, -0.2) is 35.6 Å². The first-order valence-electron chi connectivity index (χ1n) is 8.99. The van der Waals surface area contributed by atoms with Crippen LogP contribution in [0.15, 0.2) is 66.9 Å². The van der Waals surface area contributed by atoms with Crippen LogP contribution in [0.5, 0.6) is 0 Å². The van der Waals surface area contributed by atoms with Crippen molar-refractivity contribution in [3.05, 3.63) is 94.5 Å². The molecule has 6 heteroatoms. The highest BCUT2D eigenvalue weighted by molar-refractivity contribution is 6.31. The first-order chi connectivity index (χ1) is 13.6. The molecular weight excluding hydrogens is 379 g/mol. The van der Waals surface area contributed by atoms with Crippen molar-refractivity contribution in [1.82, 2.24) is 9.47 Å². The third-order valence-corrected chi connectivity index (χ3v) is 4.89. The average molecular weight is 401 g/mol. The fourth-order valence-corrected chi connectivity index (χ4v) is 3.18. The van der Waals surface area contributed by atoms with Crippen LogP contribution in [-0.2, 0) is 17.8 Å². The highest BCUT2D eigenvalue weighted by atomic mass is 35.5. The Kier molecular flexibility index (Phi) is 6.85. The Balaban J connectivity index is 1.80. The van der Waals surface area contributed by atoms with E-state index in [1.54, 1.807) is 12.0 Å². The van der Waals surface area contributed by atoms with Crippen LogP contribution in [0.25, 0.3) is 0 Å². The number of nitrogens with zero attached hydrogens (tertiary/aromatic N) is 2. The van der Waals surface area contributed by atoms with E-state index in [9.17, 15) is 9.18 Å². The molecule has 0 saturated carbocycles. The lowest BCUT2D eigenvalue weighted by Crippen LogP contribution is -2.34. The highest BCUT2D eigenvalue weighted by Gasteiger charge is 2.18. The molecule has 1 amide bonds. The SMILES string of the molecule is COCCN(Cc1cccn1Cc1ccccc1Cl)C(=O)c1ccc(F)cc1. The predicted octanol–water partition coefficient (Wildman–Crippen LogP) is 4.62. The maximum Gasteiger partial charge on any atom is 0.254 e. The Morgan fingerprint density at radius 3 is 2.57 bits per heavy atom. The molecule has 4 nitrogen and oxygen atoms in total. The lowest BCUT2D eigenvalue weighted by Gasteiger charge is -2.23. The smallest absolute Gasteiger partial charge is 0.254 e. The van der Waals surface area contributed by atoms with Gasteiger partial charge in [-0.2, -0.15) is 0 Å². The summed E-state index contributed by atoms with van der Waals surface area (Å²) in [4.78, 5) is 14.6. The molecule has 28 heavy (non-hydrogen) atoms. The molecular formula is C22H22ClFN2O2. The van der Waals surface area contributed by atoms with Gasteiger partial charge in [-0.25, -0.2) is 4.39 Å². The number of methoxy groups -OCH3 is 1. The lowest BCUT2D eigenvalue weighted by molar-refractivity contribution is 0.0676. The zero-order valence-corrected chi connectivity index (χ0v) is 16.4. The van der Waals surface area contributed by atoms with E-state index >= 15 is 0 Å². The van der Waals surface area contributed by atoms with E-state index < -0.39 is 0 Å². The number of hydrogen-bond donors (Lipinski definition) is 0. The first kappa shape index (κ1) is 20.1. The molecule has 3 rings (SSSR count). The van der Waals surface area contributed by atoms with Crippen molar-refractivity contribution < 1.29 is 13.9 Å². The molecule has 0 bridgehead atoms. The minimum atomic E-state index is -0.367. The van der Waals surface area contributed by atoms with Gasteiger partial charge in [0.05, 0.1) is 13.2 Å². The normalized spacial score (nSPS) is 10.8. The van der Waals surface area contributed by atoms with Gasteiger partial charge in [0.2, 0.25) is 0 Å². The largest absolute Gasteiger partial charge is 0.383 e. The van der Waals surface area contributed by atoms with Gasteiger partial charge in [-0.05, 0) is 48.0 Å². The van der Waals surface area contributed by atoms with E-state index in [1.165, 1.54) is 24.3 Å². The summed E-state index contributed by atoms with van der Waals surface area (Å²) in [7, 11) is 1.60. The van der Waals surface area contributed by atoms with Crippen molar-refractivity contribution in [3.8, 4) is 0 Å². The van der Waals surface area contributed by atoms with Crippen molar-refractivity contribution in [3.63, 3.8) is 0 Å². The van der Waals surface area contributed by atoms with Crippen LogP contribution >= 0.6 is 11.6 Å². The molecule has 1 heterocycles. The van der Waals surface area contributed by atoms with Crippen LogP contribution < -0.4 is 0 Å². The zero-order valence-electron chi connectivity index (χ0n) is 15.6. The number of carbonyl (C=O) groups is 1. The topological polar surface area (TPSA) is 34.5 Å². The molecule has 1 aromatic heterocycles. The van der Waals surface area contributed by atoms with Crippen LogP contribution in [0.4, 0.5) is 4.39 Å². The van der Waals surface area contributed by atoms with E-state index in [4.69, 9.17) is 16.3 Å².